The number of nitrogens with zero attached hydrogens (tertiary/aromatic N) is 3. The topological polar surface area (TPSA) is 50.2 Å². The van der Waals surface area contributed by atoms with Gasteiger partial charge in [0.1, 0.15) is 0 Å². The Hall–Kier alpha value is -1.36. The van der Waals surface area contributed by atoms with Crippen LogP contribution in [0.25, 0.3) is 0 Å². The predicted molar refractivity (Wildman–Crippen MR) is 96.3 cm³/mol. The fourth-order valence-electron chi connectivity index (χ4n) is 4.03. The van der Waals surface area contributed by atoms with Crippen molar-refractivity contribution in [2.24, 2.45) is 11.8 Å². The minimum atomic E-state index is -0.111. The molecule has 1 amide bonds. The highest BCUT2D eigenvalue weighted by atomic mass is 16.2. The van der Waals surface area contributed by atoms with Crippen LogP contribution in [0.3, 0.4) is 0 Å². The second-order valence-electron chi connectivity index (χ2n) is 8.74. The number of nitrogens with one attached hydrogen (secondary N) is 1. The number of amides is 1. The minimum absolute atomic E-state index is 0.104. The molecule has 0 saturated carbocycles. The highest BCUT2D eigenvalue weighted by Gasteiger charge is 2.33. The number of hydrogen-bond donors (Lipinski definition) is 1. The summed E-state index contributed by atoms with van der Waals surface area (Å²) in [4.78, 5) is 15.0. The van der Waals surface area contributed by atoms with E-state index in [1.165, 1.54) is 0 Å². The van der Waals surface area contributed by atoms with Crippen molar-refractivity contribution in [1.29, 1.82) is 0 Å². The molecule has 0 aromatic carbocycles. The van der Waals surface area contributed by atoms with E-state index in [0.717, 1.165) is 56.6 Å². The number of fused-ring (bicyclic) bond motifs is 1. The summed E-state index contributed by atoms with van der Waals surface area (Å²) in [6.45, 7) is 14.7. The van der Waals surface area contributed by atoms with Gasteiger partial charge < -0.3 is 10.2 Å². The molecule has 0 spiro atoms. The molecule has 134 valence electrons. The Balaban J connectivity index is 1.80. The average molecular weight is 332 g/mol. The Labute approximate surface area is 145 Å². The van der Waals surface area contributed by atoms with E-state index in [1.54, 1.807) is 0 Å². The molecule has 2 aliphatic rings. The summed E-state index contributed by atoms with van der Waals surface area (Å²) in [5.41, 5.74) is 1.64. The van der Waals surface area contributed by atoms with Gasteiger partial charge in [0.25, 0.3) is 5.91 Å². The lowest BCUT2D eigenvalue weighted by atomic mass is 9.92. The molecule has 0 radical (unpaired) electrons. The SMILES string of the molecule is CC(C)c1cc(C(=O)N2CC[C@@H]3CNC[C@@H]3CC2)nn1C(C)(C)C. The van der Waals surface area contributed by atoms with Gasteiger partial charge in [0, 0.05) is 18.8 Å². The first-order valence-corrected chi connectivity index (χ1v) is 9.38. The van der Waals surface area contributed by atoms with Gasteiger partial charge in [-0.05, 0) is 70.5 Å². The molecule has 5 nitrogen and oxygen atoms in total. The van der Waals surface area contributed by atoms with Crippen LogP contribution in [0.15, 0.2) is 6.07 Å². The molecular weight excluding hydrogens is 300 g/mol. The molecule has 1 N–H and O–H groups in total. The maximum Gasteiger partial charge on any atom is 0.274 e. The van der Waals surface area contributed by atoms with Gasteiger partial charge in [-0.15, -0.1) is 0 Å². The Bertz CT molecular complexity index is 585. The average Bonchev–Trinajstić information content (AvgIpc) is 3.09. The van der Waals surface area contributed by atoms with Crippen molar-refractivity contribution in [1.82, 2.24) is 20.0 Å². The van der Waals surface area contributed by atoms with E-state index >= 15 is 0 Å². The smallest absolute Gasteiger partial charge is 0.274 e. The lowest BCUT2D eigenvalue weighted by molar-refractivity contribution is 0.0751. The van der Waals surface area contributed by atoms with E-state index in [-0.39, 0.29) is 11.4 Å². The van der Waals surface area contributed by atoms with E-state index in [0.29, 0.717) is 11.6 Å². The highest BCUT2D eigenvalue weighted by Crippen LogP contribution is 2.28. The standard InChI is InChI=1S/C19H32N4O/c1-13(2)17-10-16(21-23(17)19(3,4)5)18(24)22-8-6-14-11-20-12-15(14)7-9-22/h10,13-15,20H,6-9,11-12H2,1-5H3/t14-,15+. The Morgan fingerprint density at radius 3 is 2.25 bits per heavy atom. The maximum atomic E-state index is 13.0. The number of rotatable bonds is 2. The zero-order valence-corrected chi connectivity index (χ0v) is 15.8. The van der Waals surface area contributed by atoms with E-state index in [4.69, 9.17) is 5.10 Å². The Morgan fingerprint density at radius 2 is 1.79 bits per heavy atom. The Morgan fingerprint density at radius 1 is 1.21 bits per heavy atom. The molecule has 2 atom stereocenters. The third-order valence-corrected chi connectivity index (χ3v) is 5.49. The van der Waals surface area contributed by atoms with Crippen molar-refractivity contribution in [2.75, 3.05) is 26.2 Å². The summed E-state index contributed by atoms with van der Waals surface area (Å²) in [6.07, 6.45) is 2.22. The van der Waals surface area contributed by atoms with Gasteiger partial charge in [-0.25, -0.2) is 0 Å². The van der Waals surface area contributed by atoms with E-state index in [1.807, 2.05) is 15.6 Å². The molecule has 1 aromatic rings. The molecule has 3 heterocycles. The van der Waals surface area contributed by atoms with Gasteiger partial charge in [0.05, 0.1) is 5.54 Å². The van der Waals surface area contributed by atoms with Gasteiger partial charge in [-0.3, -0.25) is 9.48 Å². The lowest BCUT2D eigenvalue weighted by Crippen LogP contribution is -2.33. The second-order valence-corrected chi connectivity index (χ2v) is 8.74. The summed E-state index contributed by atoms with van der Waals surface area (Å²) in [6, 6.07) is 2.01. The molecule has 0 bridgehead atoms. The van der Waals surface area contributed by atoms with Gasteiger partial charge in [0.2, 0.25) is 0 Å². The zero-order valence-electron chi connectivity index (χ0n) is 15.8. The number of likely N-dealkylation sites (tertiary alicyclic amines) is 1. The quantitative estimate of drug-likeness (QED) is 0.906. The first-order valence-electron chi connectivity index (χ1n) is 9.38. The number of aromatic nitrogens is 2. The largest absolute Gasteiger partial charge is 0.337 e. The van der Waals surface area contributed by atoms with Crippen LogP contribution in [0.4, 0.5) is 0 Å². The highest BCUT2D eigenvalue weighted by molar-refractivity contribution is 5.92. The minimum Gasteiger partial charge on any atom is -0.337 e. The predicted octanol–water partition coefficient (Wildman–Crippen LogP) is 2.83. The molecule has 24 heavy (non-hydrogen) atoms. The fourth-order valence-corrected chi connectivity index (χ4v) is 4.03. The van der Waals surface area contributed by atoms with Crippen molar-refractivity contribution in [3.05, 3.63) is 17.5 Å². The van der Waals surface area contributed by atoms with Gasteiger partial charge in [-0.2, -0.15) is 5.10 Å². The molecule has 3 rings (SSSR count). The van der Waals surface area contributed by atoms with Crippen LogP contribution in [0.2, 0.25) is 0 Å². The van der Waals surface area contributed by atoms with Crippen LogP contribution in [0, 0.1) is 11.8 Å². The van der Waals surface area contributed by atoms with Gasteiger partial charge in [0.15, 0.2) is 5.69 Å². The van der Waals surface area contributed by atoms with E-state index < -0.39 is 0 Å². The van der Waals surface area contributed by atoms with Crippen LogP contribution in [0.5, 0.6) is 0 Å². The lowest BCUT2D eigenvalue weighted by Gasteiger charge is -2.24. The van der Waals surface area contributed by atoms with Crippen molar-refractivity contribution < 1.29 is 4.79 Å². The van der Waals surface area contributed by atoms with Crippen LogP contribution in [0.1, 0.15) is 69.6 Å². The molecule has 5 heteroatoms. The number of carbonyl (C=O) groups excluding carboxylic acids is 1. The first-order chi connectivity index (χ1) is 11.3. The van der Waals surface area contributed by atoms with E-state index in [9.17, 15) is 4.79 Å². The summed E-state index contributed by atoms with van der Waals surface area (Å²) in [5, 5.41) is 8.18. The molecule has 2 saturated heterocycles. The van der Waals surface area contributed by atoms with E-state index in [2.05, 4.69) is 39.9 Å². The molecule has 2 aliphatic heterocycles. The van der Waals surface area contributed by atoms with Crippen molar-refractivity contribution in [2.45, 2.75) is 58.9 Å². The molecule has 0 aliphatic carbocycles. The monoisotopic (exact) mass is 332 g/mol. The number of hydrogen-bond acceptors (Lipinski definition) is 3. The molecule has 1 aromatic heterocycles. The maximum absolute atomic E-state index is 13.0. The summed E-state index contributed by atoms with van der Waals surface area (Å²) in [7, 11) is 0. The zero-order chi connectivity index (χ0) is 17.5. The van der Waals surface area contributed by atoms with Gasteiger partial charge >= 0.3 is 0 Å². The third-order valence-electron chi connectivity index (χ3n) is 5.49. The van der Waals surface area contributed by atoms with Gasteiger partial charge in [-0.1, -0.05) is 13.8 Å². The second kappa shape index (κ2) is 6.51. The first kappa shape index (κ1) is 17.5. The summed E-state index contributed by atoms with van der Waals surface area (Å²) >= 11 is 0. The van der Waals surface area contributed by atoms with Crippen molar-refractivity contribution >= 4 is 5.91 Å². The Kier molecular flexibility index (Phi) is 4.73. The normalized spacial score (nSPS) is 25.0. The van der Waals surface area contributed by atoms with Crippen LogP contribution < -0.4 is 5.32 Å². The van der Waals surface area contributed by atoms with Crippen molar-refractivity contribution in [3.63, 3.8) is 0 Å². The van der Waals surface area contributed by atoms with Crippen LogP contribution in [-0.2, 0) is 5.54 Å². The number of carbonyl (C=O) groups is 1. The fraction of sp³-hybridized carbons (Fsp3) is 0.789. The molecule has 2 fully saturated rings. The summed E-state index contributed by atoms with van der Waals surface area (Å²) < 4.78 is 2.03. The van der Waals surface area contributed by atoms with Crippen molar-refractivity contribution in [3.8, 4) is 0 Å². The molecular formula is C19H32N4O. The third kappa shape index (κ3) is 3.37. The molecule has 0 unspecified atom stereocenters. The van der Waals surface area contributed by atoms with Crippen LogP contribution in [-0.4, -0.2) is 46.8 Å². The summed E-state index contributed by atoms with van der Waals surface area (Å²) in [5.74, 6) is 1.93. The van der Waals surface area contributed by atoms with Crippen LogP contribution >= 0.6 is 0 Å².